The molecule has 3 rings (SSSR count). The maximum atomic E-state index is 5.44. The molecule has 2 aromatic carbocycles. The minimum absolute atomic E-state index is 0.0368. The smallest absolute Gasteiger partial charge is 0.231 e. The van der Waals surface area contributed by atoms with Crippen LogP contribution in [0.15, 0.2) is 36.4 Å². The van der Waals surface area contributed by atoms with Crippen molar-refractivity contribution >= 4 is 28.7 Å². The number of rotatable bonds is 3. The number of ether oxygens (including phenoxy) is 3. The molecule has 0 atom stereocenters. The summed E-state index contributed by atoms with van der Waals surface area (Å²) in [5.41, 5.74) is 2.89. The zero-order chi connectivity index (χ0) is 18.0. The number of fused-ring (bicyclic) bond motifs is 1. The normalized spacial score (nSPS) is 12.6. The van der Waals surface area contributed by atoms with Crippen molar-refractivity contribution in [3.8, 4) is 17.2 Å². The van der Waals surface area contributed by atoms with Gasteiger partial charge in [0.2, 0.25) is 6.79 Å². The van der Waals surface area contributed by atoms with Crippen LogP contribution in [0.25, 0.3) is 0 Å². The van der Waals surface area contributed by atoms with Crippen LogP contribution in [0.4, 0.5) is 11.4 Å². The Labute approximate surface area is 153 Å². The summed E-state index contributed by atoms with van der Waals surface area (Å²) in [6, 6.07) is 11.7. The molecule has 132 valence electrons. The van der Waals surface area contributed by atoms with Gasteiger partial charge in [0.15, 0.2) is 16.6 Å². The first-order valence-corrected chi connectivity index (χ1v) is 8.44. The molecule has 0 bridgehead atoms. The molecule has 0 radical (unpaired) electrons. The molecule has 0 fully saturated rings. The van der Waals surface area contributed by atoms with Crippen LogP contribution in [0, 0.1) is 0 Å². The van der Waals surface area contributed by atoms with Crippen molar-refractivity contribution in [2.24, 2.45) is 0 Å². The largest absolute Gasteiger partial charge is 0.495 e. The molecule has 2 N–H and O–H groups in total. The lowest BCUT2D eigenvalue weighted by molar-refractivity contribution is 0.174. The molecule has 25 heavy (non-hydrogen) atoms. The van der Waals surface area contributed by atoms with Crippen LogP contribution in [-0.4, -0.2) is 19.0 Å². The number of methoxy groups -OCH3 is 1. The molecule has 6 heteroatoms. The Morgan fingerprint density at radius 1 is 1.04 bits per heavy atom. The number of hydrogen-bond donors (Lipinski definition) is 2. The average molecular weight is 358 g/mol. The number of thiocarbonyl (C=S) groups is 1. The first-order valence-electron chi connectivity index (χ1n) is 8.03. The highest BCUT2D eigenvalue weighted by atomic mass is 32.1. The second-order valence-electron chi connectivity index (χ2n) is 6.81. The summed E-state index contributed by atoms with van der Waals surface area (Å²) in [7, 11) is 1.64. The van der Waals surface area contributed by atoms with E-state index >= 15 is 0 Å². The van der Waals surface area contributed by atoms with Crippen molar-refractivity contribution in [1.29, 1.82) is 0 Å². The molecule has 0 unspecified atom stereocenters. The van der Waals surface area contributed by atoms with E-state index in [0.717, 1.165) is 22.9 Å². The Bertz CT molecular complexity index is 800. The van der Waals surface area contributed by atoms with Gasteiger partial charge < -0.3 is 24.8 Å². The Kier molecular flexibility index (Phi) is 4.72. The lowest BCUT2D eigenvalue weighted by atomic mass is 9.87. The summed E-state index contributed by atoms with van der Waals surface area (Å²) in [4.78, 5) is 0. The zero-order valence-electron chi connectivity index (χ0n) is 14.8. The predicted molar refractivity (Wildman–Crippen MR) is 104 cm³/mol. The quantitative estimate of drug-likeness (QED) is 0.786. The topological polar surface area (TPSA) is 51.8 Å². The van der Waals surface area contributed by atoms with E-state index in [-0.39, 0.29) is 12.2 Å². The van der Waals surface area contributed by atoms with E-state index in [4.69, 9.17) is 26.4 Å². The molecule has 0 amide bonds. The highest BCUT2D eigenvalue weighted by Crippen LogP contribution is 2.35. The van der Waals surface area contributed by atoms with Crippen LogP contribution in [-0.2, 0) is 5.41 Å². The molecule has 0 aromatic heterocycles. The van der Waals surface area contributed by atoms with Crippen LogP contribution < -0.4 is 24.8 Å². The van der Waals surface area contributed by atoms with Crippen molar-refractivity contribution in [3.05, 3.63) is 42.0 Å². The molecular formula is C19H22N2O3S. The summed E-state index contributed by atoms with van der Waals surface area (Å²) in [5, 5.41) is 6.85. The number of benzene rings is 2. The van der Waals surface area contributed by atoms with E-state index in [1.165, 1.54) is 5.56 Å². The molecule has 0 saturated carbocycles. The number of anilines is 2. The molecule has 1 heterocycles. The van der Waals surface area contributed by atoms with Gasteiger partial charge in [-0.05, 0) is 47.5 Å². The number of hydrogen-bond acceptors (Lipinski definition) is 4. The van der Waals surface area contributed by atoms with Crippen molar-refractivity contribution in [3.63, 3.8) is 0 Å². The van der Waals surface area contributed by atoms with Gasteiger partial charge in [-0.3, -0.25) is 0 Å². The molecule has 1 aliphatic heterocycles. The predicted octanol–water partition coefficient (Wildman–Crippen LogP) is 4.53. The third-order valence-corrected chi connectivity index (χ3v) is 4.15. The van der Waals surface area contributed by atoms with E-state index in [0.29, 0.717) is 10.9 Å². The Balaban J connectivity index is 1.76. The van der Waals surface area contributed by atoms with Crippen LogP contribution in [0.2, 0.25) is 0 Å². The monoisotopic (exact) mass is 358 g/mol. The zero-order valence-corrected chi connectivity index (χ0v) is 15.6. The lowest BCUT2D eigenvalue weighted by Gasteiger charge is -2.22. The van der Waals surface area contributed by atoms with Gasteiger partial charge in [0.05, 0.1) is 12.8 Å². The molecule has 2 aromatic rings. The second kappa shape index (κ2) is 6.80. The van der Waals surface area contributed by atoms with E-state index in [1.807, 2.05) is 24.3 Å². The van der Waals surface area contributed by atoms with E-state index in [1.54, 1.807) is 7.11 Å². The van der Waals surface area contributed by atoms with Crippen LogP contribution in [0.1, 0.15) is 26.3 Å². The maximum absolute atomic E-state index is 5.44. The summed E-state index contributed by atoms with van der Waals surface area (Å²) in [5.74, 6) is 2.19. The van der Waals surface area contributed by atoms with E-state index in [9.17, 15) is 0 Å². The summed E-state index contributed by atoms with van der Waals surface area (Å²) < 4.78 is 16.1. The minimum atomic E-state index is 0.0368. The van der Waals surface area contributed by atoms with Gasteiger partial charge in [-0.1, -0.05) is 26.8 Å². The minimum Gasteiger partial charge on any atom is -0.495 e. The second-order valence-corrected chi connectivity index (χ2v) is 7.22. The summed E-state index contributed by atoms with van der Waals surface area (Å²) in [6.07, 6.45) is 0. The highest BCUT2D eigenvalue weighted by molar-refractivity contribution is 7.80. The molecule has 1 aliphatic rings. The van der Waals surface area contributed by atoms with Gasteiger partial charge in [-0.25, -0.2) is 0 Å². The summed E-state index contributed by atoms with van der Waals surface area (Å²) in [6.45, 7) is 6.75. The molecule has 0 aliphatic carbocycles. The molecular weight excluding hydrogens is 336 g/mol. The van der Waals surface area contributed by atoms with Gasteiger partial charge >= 0.3 is 0 Å². The lowest BCUT2D eigenvalue weighted by Crippen LogP contribution is -2.20. The fourth-order valence-corrected chi connectivity index (χ4v) is 2.76. The average Bonchev–Trinajstić information content (AvgIpc) is 3.01. The first-order chi connectivity index (χ1) is 11.9. The Morgan fingerprint density at radius 3 is 2.52 bits per heavy atom. The SMILES string of the molecule is COc1ccc(C(C)(C)C)cc1NC(=S)Nc1ccc2c(c1)OCO2. The third kappa shape index (κ3) is 3.96. The van der Waals surface area contributed by atoms with Gasteiger partial charge in [0.1, 0.15) is 5.75 Å². The van der Waals surface area contributed by atoms with E-state index in [2.05, 4.69) is 43.5 Å². The Hall–Kier alpha value is -2.47. The highest BCUT2D eigenvalue weighted by Gasteiger charge is 2.17. The van der Waals surface area contributed by atoms with Crippen molar-refractivity contribution in [2.75, 3.05) is 24.5 Å². The van der Waals surface area contributed by atoms with Gasteiger partial charge in [0.25, 0.3) is 0 Å². The molecule has 5 nitrogen and oxygen atoms in total. The standard InChI is InChI=1S/C19H22N2O3S/c1-19(2,3)12-5-7-15(22-4)14(9-12)21-18(25)20-13-6-8-16-17(10-13)24-11-23-16/h5-10H,11H2,1-4H3,(H2,20,21,25). The fraction of sp³-hybridized carbons (Fsp3) is 0.316. The Morgan fingerprint density at radius 2 is 1.80 bits per heavy atom. The fourth-order valence-electron chi connectivity index (χ4n) is 2.53. The van der Waals surface area contributed by atoms with Gasteiger partial charge in [-0.2, -0.15) is 0 Å². The van der Waals surface area contributed by atoms with Gasteiger partial charge in [0, 0.05) is 11.8 Å². The van der Waals surface area contributed by atoms with Crippen molar-refractivity contribution in [1.82, 2.24) is 0 Å². The maximum Gasteiger partial charge on any atom is 0.231 e. The van der Waals surface area contributed by atoms with E-state index < -0.39 is 0 Å². The van der Waals surface area contributed by atoms with Crippen LogP contribution in [0.5, 0.6) is 17.2 Å². The third-order valence-electron chi connectivity index (χ3n) is 3.94. The van der Waals surface area contributed by atoms with Crippen LogP contribution >= 0.6 is 12.2 Å². The summed E-state index contributed by atoms with van der Waals surface area (Å²) >= 11 is 5.44. The van der Waals surface area contributed by atoms with Gasteiger partial charge in [-0.15, -0.1) is 0 Å². The molecule has 0 spiro atoms. The molecule has 0 saturated heterocycles. The number of nitrogens with one attached hydrogen (secondary N) is 2. The van der Waals surface area contributed by atoms with Crippen molar-refractivity contribution in [2.45, 2.75) is 26.2 Å². The van der Waals surface area contributed by atoms with Crippen LogP contribution in [0.3, 0.4) is 0 Å². The first kappa shape index (κ1) is 17.4. The van der Waals surface area contributed by atoms with Crippen molar-refractivity contribution < 1.29 is 14.2 Å².